The van der Waals surface area contributed by atoms with Crippen molar-refractivity contribution in [3.8, 4) is 11.6 Å². The zero-order chi connectivity index (χ0) is 24.7. The Bertz CT molecular complexity index is 1620. The molecule has 180 valence electrons. The number of aromatic hydroxyl groups is 1. The lowest BCUT2D eigenvalue weighted by atomic mass is 10.2. The molecule has 0 aliphatic carbocycles. The minimum Gasteiger partial charge on any atom is -0.493 e. The van der Waals surface area contributed by atoms with E-state index in [0.29, 0.717) is 16.7 Å². The highest BCUT2D eigenvalue weighted by molar-refractivity contribution is 6.32. The molecule has 1 aliphatic rings. The highest BCUT2D eigenvalue weighted by Gasteiger charge is 2.20. The van der Waals surface area contributed by atoms with E-state index in [-0.39, 0.29) is 22.0 Å². The number of likely N-dealkylation sites (N-methyl/N-ethyl adjacent to an activating group) is 1. The van der Waals surface area contributed by atoms with Gasteiger partial charge in [-0.15, -0.1) is 0 Å². The molecule has 0 unspecified atom stereocenters. The van der Waals surface area contributed by atoms with E-state index in [9.17, 15) is 19.5 Å². The predicted octanol–water partition coefficient (Wildman–Crippen LogP) is 1.56. The number of aromatic nitrogens is 4. The molecule has 0 radical (unpaired) electrons. The highest BCUT2D eigenvalue weighted by atomic mass is 35.5. The van der Waals surface area contributed by atoms with Gasteiger partial charge in [0.2, 0.25) is 5.88 Å². The molecule has 3 heterocycles. The third-order valence-electron chi connectivity index (χ3n) is 6.00. The summed E-state index contributed by atoms with van der Waals surface area (Å²) < 4.78 is 0.916. The molecular formula is C23H22ClN7O4. The highest BCUT2D eigenvalue weighted by Crippen LogP contribution is 2.33. The Morgan fingerprint density at radius 3 is 2.37 bits per heavy atom. The number of nitrogens with one attached hydrogen (secondary N) is 3. The van der Waals surface area contributed by atoms with Crippen LogP contribution in [0.4, 0.5) is 11.4 Å². The van der Waals surface area contributed by atoms with E-state index in [2.05, 4.69) is 29.7 Å². The lowest BCUT2D eigenvalue weighted by Crippen LogP contribution is -2.44. The maximum atomic E-state index is 12.6. The van der Waals surface area contributed by atoms with E-state index in [1.165, 1.54) is 6.21 Å². The number of aromatic amines is 3. The van der Waals surface area contributed by atoms with Crippen LogP contribution in [0, 0.1) is 0 Å². The van der Waals surface area contributed by atoms with E-state index >= 15 is 0 Å². The van der Waals surface area contributed by atoms with Crippen molar-refractivity contribution in [1.82, 2.24) is 24.4 Å². The molecule has 5 rings (SSSR count). The van der Waals surface area contributed by atoms with Gasteiger partial charge in [0, 0.05) is 32.4 Å². The van der Waals surface area contributed by atoms with Crippen LogP contribution in [0.5, 0.6) is 5.88 Å². The molecule has 12 heteroatoms. The summed E-state index contributed by atoms with van der Waals surface area (Å²) in [7, 11) is 2.05. The number of imidazole rings is 1. The van der Waals surface area contributed by atoms with Crippen molar-refractivity contribution in [2.45, 2.75) is 0 Å². The molecular weight excluding hydrogens is 474 g/mol. The first-order chi connectivity index (χ1) is 16.8. The molecule has 1 fully saturated rings. The second-order valence-corrected chi connectivity index (χ2v) is 8.70. The number of nitrogens with zero attached hydrogens (tertiary/aromatic N) is 4. The Morgan fingerprint density at radius 1 is 0.971 bits per heavy atom. The Hall–Kier alpha value is -4.09. The molecule has 35 heavy (non-hydrogen) atoms. The van der Waals surface area contributed by atoms with Gasteiger partial charge >= 0.3 is 11.4 Å². The van der Waals surface area contributed by atoms with Crippen LogP contribution < -0.4 is 21.8 Å². The average molecular weight is 496 g/mol. The van der Waals surface area contributed by atoms with Crippen LogP contribution in [0.3, 0.4) is 0 Å². The van der Waals surface area contributed by atoms with Crippen molar-refractivity contribution in [2.24, 2.45) is 4.99 Å². The smallest absolute Gasteiger partial charge is 0.335 e. The molecule has 1 saturated heterocycles. The van der Waals surface area contributed by atoms with Gasteiger partial charge in [-0.1, -0.05) is 23.7 Å². The number of para-hydroxylation sites is 1. The van der Waals surface area contributed by atoms with Crippen molar-refractivity contribution in [3.05, 3.63) is 78.3 Å². The third-order valence-corrected chi connectivity index (χ3v) is 6.32. The van der Waals surface area contributed by atoms with Gasteiger partial charge in [0.25, 0.3) is 5.56 Å². The van der Waals surface area contributed by atoms with Crippen LogP contribution in [0.25, 0.3) is 16.7 Å². The fourth-order valence-electron chi connectivity index (χ4n) is 4.11. The van der Waals surface area contributed by atoms with E-state index in [1.807, 2.05) is 13.1 Å². The quantitative estimate of drug-likeness (QED) is 0.316. The molecule has 2 aromatic carbocycles. The normalized spacial score (nSPS) is 14.9. The molecule has 2 aromatic heterocycles. The van der Waals surface area contributed by atoms with Gasteiger partial charge in [-0.25, -0.2) is 14.2 Å². The number of aliphatic imine (C=N–C) groups is 1. The van der Waals surface area contributed by atoms with Crippen molar-refractivity contribution in [3.63, 3.8) is 0 Å². The van der Waals surface area contributed by atoms with Gasteiger partial charge in [-0.3, -0.25) is 14.8 Å². The number of anilines is 1. The van der Waals surface area contributed by atoms with Crippen LogP contribution in [0.1, 0.15) is 5.56 Å². The second-order valence-electron chi connectivity index (χ2n) is 8.30. The predicted molar refractivity (Wildman–Crippen MR) is 135 cm³/mol. The molecule has 0 saturated carbocycles. The molecule has 0 bridgehead atoms. The summed E-state index contributed by atoms with van der Waals surface area (Å²) in [6, 6.07) is 9.98. The number of fused-ring (bicyclic) bond motifs is 1. The number of H-pyrrole nitrogens is 3. The zero-order valence-electron chi connectivity index (χ0n) is 18.7. The van der Waals surface area contributed by atoms with Crippen molar-refractivity contribution in [2.75, 3.05) is 38.1 Å². The van der Waals surface area contributed by atoms with Gasteiger partial charge < -0.3 is 24.9 Å². The molecule has 4 N–H and O–H groups in total. The summed E-state index contributed by atoms with van der Waals surface area (Å²) in [4.78, 5) is 53.4. The Balaban J connectivity index is 1.63. The van der Waals surface area contributed by atoms with E-state index in [1.54, 1.807) is 30.3 Å². The monoisotopic (exact) mass is 495 g/mol. The van der Waals surface area contributed by atoms with E-state index < -0.39 is 17.1 Å². The van der Waals surface area contributed by atoms with Crippen LogP contribution in [0.15, 0.2) is 55.8 Å². The van der Waals surface area contributed by atoms with Crippen molar-refractivity contribution < 1.29 is 5.11 Å². The van der Waals surface area contributed by atoms with Gasteiger partial charge in [0.1, 0.15) is 5.56 Å². The van der Waals surface area contributed by atoms with Crippen LogP contribution in [0.2, 0.25) is 5.02 Å². The van der Waals surface area contributed by atoms with Crippen LogP contribution in [-0.4, -0.2) is 69.0 Å². The van der Waals surface area contributed by atoms with E-state index in [4.69, 9.17) is 11.6 Å². The van der Waals surface area contributed by atoms with Gasteiger partial charge in [-0.05, 0) is 31.3 Å². The summed E-state index contributed by atoms with van der Waals surface area (Å²) in [6.07, 6.45) is 1.20. The summed E-state index contributed by atoms with van der Waals surface area (Å²) in [5, 5.41) is 11.1. The lowest BCUT2D eigenvalue weighted by Gasteiger charge is -2.34. The lowest BCUT2D eigenvalue weighted by molar-refractivity contribution is 0.313. The van der Waals surface area contributed by atoms with Crippen molar-refractivity contribution in [1.29, 1.82) is 0 Å². The van der Waals surface area contributed by atoms with Crippen LogP contribution >= 0.6 is 11.6 Å². The van der Waals surface area contributed by atoms with Gasteiger partial charge in [0.15, 0.2) is 0 Å². The number of hydrogen-bond donors (Lipinski definition) is 4. The molecule has 1 aliphatic heterocycles. The number of rotatable bonds is 4. The summed E-state index contributed by atoms with van der Waals surface area (Å²) in [5.41, 5.74) is 0.489. The SMILES string of the molecule is CN1CCN(c2cc3[nH]c(=O)[nH]c3cc2N=Cc2c(O)n(-c3ccccc3Cl)c(=O)[nH]c2=O)CC1. The topological polar surface area (TPSA) is 143 Å². The van der Waals surface area contributed by atoms with Crippen molar-refractivity contribution >= 4 is 40.2 Å². The molecule has 11 nitrogen and oxygen atoms in total. The maximum absolute atomic E-state index is 12.6. The summed E-state index contributed by atoms with van der Waals surface area (Å²) in [5.74, 6) is -0.590. The minimum absolute atomic E-state index is 0.212. The minimum atomic E-state index is -0.831. The van der Waals surface area contributed by atoms with Gasteiger partial charge in [-0.2, -0.15) is 0 Å². The maximum Gasteiger partial charge on any atom is 0.335 e. The fourth-order valence-corrected chi connectivity index (χ4v) is 4.33. The second kappa shape index (κ2) is 8.93. The fraction of sp³-hybridized carbons (Fsp3) is 0.217. The average Bonchev–Trinajstić information content (AvgIpc) is 3.19. The Labute approximate surface area is 202 Å². The molecule has 0 atom stereocenters. The standard InChI is InChI=1S/C23H22ClN7O4/c1-29-6-8-30(9-7-29)19-11-16-15(26-22(34)27-16)10-17(19)25-12-13-20(32)28-23(35)31(21(13)33)18-5-3-2-4-14(18)24/h2-5,10-12,33H,6-9H2,1H3,(H2,26,27,34)(H,28,32,35). The molecule has 4 aromatic rings. The number of hydrogen-bond acceptors (Lipinski definition) is 7. The number of piperazine rings is 1. The first-order valence-corrected chi connectivity index (χ1v) is 11.3. The van der Waals surface area contributed by atoms with Crippen LogP contribution in [-0.2, 0) is 0 Å². The first kappa shape index (κ1) is 22.7. The largest absolute Gasteiger partial charge is 0.493 e. The zero-order valence-corrected chi connectivity index (χ0v) is 19.5. The van der Waals surface area contributed by atoms with E-state index in [0.717, 1.165) is 36.4 Å². The summed E-state index contributed by atoms with van der Waals surface area (Å²) in [6.45, 7) is 3.22. The molecule has 0 spiro atoms. The first-order valence-electron chi connectivity index (χ1n) is 10.9. The number of halogens is 1. The third kappa shape index (κ3) is 4.27. The Morgan fingerprint density at radius 2 is 1.66 bits per heavy atom. The summed E-state index contributed by atoms with van der Waals surface area (Å²) >= 11 is 6.20. The Kier molecular flexibility index (Phi) is 5.79. The van der Waals surface area contributed by atoms with Gasteiger partial charge in [0.05, 0.1) is 33.1 Å². The number of benzene rings is 2. The molecule has 0 amide bonds.